The van der Waals surface area contributed by atoms with Gasteiger partial charge in [0.2, 0.25) is 0 Å². The fourth-order valence-corrected chi connectivity index (χ4v) is 2.77. The molecule has 1 aromatic rings. The van der Waals surface area contributed by atoms with Gasteiger partial charge >= 0.3 is 0 Å². The van der Waals surface area contributed by atoms with Crippen molar-refractivity contribution in [3.05, 3.63) is 29.3 Å². The first-order chi connectivity index (χ1) is 9.94. The molecule has 0 aliphatic carbocycles. The molecule has 1 aromatic carbocycles. The maximum absolute atomic E-state index is 6.07. The normalized spacial score (nSPS) is 22.5. The molecule has 1 aliphatic rings. The molecule has 2 rings (SSSR count). The van der Waals surface area contributed by atoms with Crippen molar-refractivity contribution in [3.63, 3.8) is 0 Å². The highest BCUT2D eigenvalue weighted by molar-refractivity contribution is 5.41. The molecular weight excluding hydrogens is 262 g/mol. The van der Waals surface area contributed by atoms with E-state index in [1.807, 2.05) is 0 Å². The van der Waals surface area contributed by atoms with Crippen LogP contribution in [0.3, 0.4) is 0 Å². The van der Waals surface area contributed by atoms with Crippen molar-refractivity contribution < 1.29 is 9.47 Å². The second kappa shape index (κ2) is 6.80. The predicted molar refractivity (Wildman–Crippen MR) is 87.0 cm³/mol. The number of benzene rings is 1. The molecule has 2 unspecified atom stereocenters. The standard InChI is InChI=1S/C18H29NO2/c1-5-13-6-9-17(16(10-13)18(2,3)4)20-12-15-8-7-14(11-19)21-15/h6,9-10,14-15H,5,7-8,11-12,19H2,1-4H3. The largest absolute Gasteiger partial charge is 0.491 e. The highest BCUT2D eigenvalue weighted by Gasteiger charge is 2.26. The second-order valence-corrected chi connectivity index (χ2v) is 6.94. The zero-order chi connectivity index (χ0) is 15.5. The molecule has 0 spiro atoms. The van der Waals surface area contributed by atoms with E-state index in [9.17, 15) is 0 Å². The Hall–Kier alpha value is -1.06. The quantitative estimate of drug-likeness (QED) is 0.904. The van der Waals surface area contributed by atoms with Gasteiger partial charge in [0, 0.05) is 6.54 Å². The fourth-order valence-electron chi connectivity index (χ4n) is 2.77. The van der Waals surface area contributed by atoms with Crippen molar-refractivity contribution in [1.82, 2.24) is 0 Å². The van der Waals surface area contributed by atoms with Gasteiger partial charge in [0.1, 0.15) is 12.4 Å². The van der Waals surface area contributed by atoms with Gasteiger partial charge in [-0.15, -0.1) is 0 Å². The smallest absolute Gasteiger partial charge is 0.123 e. The molecule has 1 aliphatic heterocycles. The van der Waals surface area contributed by atoms with E-state index in [2.05, 4.69) is 45.9 Å². The lowest BCUT2D eigenvalue weighted by molar-refractivity contribution is 0.0218. The van der Waals surface area contributed by atoms with E-state index in [0.29, 0.717) is 13.2 Å². The van der Waals surface area contributed by atoms with Gasteiger partial charge < -0.3 is 15.2 Å². The molecule has 0 amide bonds. The van der Waals surface area contributed by atoms with Gasteiger partial charge in [-0.05, 0) is 41.9 Å². The Kier molecular flexibility index (Phi) is 5.28. The van der Waals surface area contributed by atoms with Crippen molar-refractivity contribution in [1.29, 1.82) is 0 Å². The first-order valence-corrected chi connectivity index (χ1v) is 8.05. The first-order valence-electron chi connectivity index (χ1n) is 8.05. The zero-order valence-corrected chi connectivity index (χ0v) is 13.8. The summed E-state index contributed by atoms with van der Waals surface area (Å²) in [7, 11) is 0. The van der Waals surface area contributed by atoms with E-state index >= 15 is 0 Å². The van der Waals surface area contributed by atoms with Crippen molar-refractivity contribution in [2.45, 2.75) is 64.6 Å². The van der Waals surface area contributed by atoms with Gasteiger partial charge in [-0.2, -0.15) is 0 Å². The minimum atomic E-state index is 0.0802. The van der Waals surface area contributed by atoms with Gasteiger partial charge in [0.25, 0.3) is 0 Å². The molecule has 3 heteroatoms. The molecule has 0 radical (unpaired) electrons. The summed E-state index contributed by atoms with van der Waals surface area (Å²) >= 11 is 0. The van der Waals surface area contributed by atoms with Crippen LogP contribution in [0.2, 0.25) is 0 Å². The van der Waals surface area contributed by atoms with Crippen LogP contribution in [0.1, 0.15) is 51.7 Å². The minimum Gasteiger partial charge on any atom is -0.491 e. The molecular formula is C18H29NO2. The molecule has 21 heavy (non-hydrogen) atoms. The molecule has 0 saturated carbocycles. The number of hydrogen-bond acceptors (Lipinski definition) is 3. The number of nitrogens with two attached hydrogens (primary N) is 1. The minimum absolute atomic E-state index is 0.0802. The second-order valence-electron chi connectivity index (χ2n) is 6.94. The predicted octanol–water partition coefficient (Wildman–Crippen LogP) is 3.43. The number of ether oxygens (including phenoxy) is 2. The summed E-state index contributed by atoms with van der Waals surface area (Å²) < 4.78 is 11.9. The summed E-state index contributed by atoms with van der Waals surface area (Å²) in [5.74, 6) is 0.986. The summed E-state index contributed by atoms with van der Waals surface area (Å²) in [5, 5.41) is 0. The summed E-state index contributed by atoms with van der Waals surface area (Å²) in [6, 6.07) is 6.53. The number of rotatable bonds is 5. The third-order valence-electron chi connectivity index (χ3n) is 4.14. The summed E-state index contributed by atoms with van der Waals surface area (Å²) in [6.45, 7) is 10.1. The zero-order valence-electron chi connectivity index (χ0n) is 13.8. The Morgan fingerprint density at radius 1 is 1.24 bits per heavy atom. The molecule has 118 valence electrons. The molecule has 1 saturated heterocycles. The Morgan fingerprint density at radius 3 is 2.52 bits per heavy atom. The van der Waals surface area contributed by atoms with E-state index in [4.69, 9.17) is 15.2 Å². The first kappa shape index (κ1) is 16.3. The highest BCUT2D eigenvalue weighted by atomic mass is 16.5. The number of aryl methyl sites for hydroxylation is 1. The van der Waals surface area contributed by atoms with E-state index < -0.39 is 0 Å². The molecule has 1 fully saturated rings. The lowest BCUT2D eigenvalue weighted by Crippen LogP contribution is -2.24. The summed E-state index contributed by atoms with van der Waals surface area (Å²) in [6.07, 6.45) is 3.53. The third-order valence-corrected chi connectivity index (χ3v) is 4.14. The van der Waals surface area contributed by atoms with Gasteiger partial charge in [-0.25, -0.2) is 0 Å². The van der Waals surface area contributed by atoms with Gasteiger partial charge in [-0.1, -0.05) is 39.8 Å². The maximum atomic E-state index is 6.07. The van der Waals surface area contributed by atoms with Crippen molar-refractivity contribution >= 4 is 0 Å². The average Bonchev–Trinajstić information content (AvgIpc) is 2.92. The molecule has 1 heterocycles. The van der Waals surface area contributed by atoms with Crippen molar-refractivity contribution in [2.75, 3.05) is 13.2 Å². The van der Waals surface area contributed by atoms with Crippen LogP contribution in [-0.2, 0) is 16.6 Å². The summed E-state index contributed by atoms with van der Waals surface area (Å²) in [5.41, 5.74) is 8.36. The van der Waals surface area contributed by atoms with Crippen LogP contribution in [0, 0.1) is 0 Å². The third kappa shape index (κ3) is 4.21. The van der Waals surface area contributed by atoms with Crippen LogP contribution in [0.15, 0.2) is 18.2 Å². The maximum Gasteiger partial charge on any atom is 0.123 e. The monoisotopic (exact) mass is 291 g/mol. The van der Waals surface area contributed by atoms with Gasteiger partial charge in [0.15, 0.2) is 0 Å². The van der Waals surface area contributed by atoms with E-state index in [0.717, 1.165) is 25.0 Å². The van der Waals surface area contributed by atoms with E-state index in [1.165, 1.54) is 11.1 Å². The average molecular weight is 291 g/mol. The Balaban J connectivity index is 2.06. The van der Waals surface area contributed by atoms with Crippen LogP contribution in [-0.4, -0.2) is 25.4 Å². The molecule has 2 N–H and O–H groups in total. The molecule has 3 nitrogen and oxygen atoms in total. The highest BCUT2D eigenvalue weighted by Crippen LogP contribution is 2.33. The molecule has 0 aromatic heterocycles. The van der Waals surface area contributed by atoms with Gasteiger partial charge in [-0.3, -0.25) is 0 Å². The van der Waals surface area contributed by atoms with Crippen LogP contribution in [0.25, 0.3) is 0 Å². The Labute approximate surface area is 128 Å². The van der Waals surface area contributed by atoms with E-state index in [1.54, 1.807) is 0 Å². The van der Waals surface area contributed by atoms with Crippen LogP contribution in [0.5, 0.6) is 5.75 Å². The summed E-state index contributed by atoms with van der Waals surface area (Å²) in [4.78, 5) is 0. The van der Waals surface area contributed by atoms with Crippen LogP contribution >= 0.6 is 0 Å². The lowest BCUT2D eigenvalue weighted by atomic mass is 9.85. The topological polar surface area (TPSA) is 44.5 Å². The van der Waals surface area contributed by atoms with Crippen molar-refractivity contribution in [2.24, 2.45) is 5.73 Å². The Morgan fingerprint density at radius 2 is 1.95 bits per heavy atom. The molecule has 0 bridgehead atoms. The van der Waals surface area contributed by atoms with Gasteiger partial charge in [0.05, 0.1) is 12.2 Å². The van der Waals surface area contributed by atoms with E-state index in [-0.39, 0.29) is 17.6 Å². The van der Waals surface area contributed by atoms with Crippen LogP contribution < -0.4 is 10.5 Å². The lowest BCUT2D eigenvalue weighted by Gasteiger charge is -2.24. The van der Waals surface area contributed by atoms with Crippen molar-refractivity contribution in [3.8, 4) is 5.75 Å². The Bertz CT molecular complexity index is 465. The van der Waals surface area contributed by atoms with Crippen LogP contribution in [0.4, 0.5) is 0 Å². The number of hydrogen-bond donors (Lipinski definition) is 1. The SMILES string of the molecule is CCc1ccc(OCC2CCC(CN)O2)c(C(C)(C)C)c1. The fraction of sp³-hybridized carbons (Fsp3) is 0.667. The molecule has 2 atom stereocenters.